The number of hydrogen-bond acceptors (Lipinski definition) is 3. The summed E-state index contributed by atoms with van der Waals surface area (Å²) in [6, 6.07) is 8.75. The number of para-hydroxylation sites is 1. The Kier molecular flexibility index (Phi) is 3.58. The second kappa shape index (κ2) is 5.35. The molecule has 3 rings (SSSR count). The smallest absolute Gasteiger partial charge is 0.134 e. The molecular weight excluding hydrogens is 236 g/mol. The maximum absolute atomic E-state index is 6.14. The number of hydrogen-bond donors (Lipinski definition) is 1. The molecule has 1 aliphatic rings. The summed E-state index contributed by atoms with van der Waals surface area (Å²) in [6.07, 6.45) is 1.03. The molecule has 1 atom stereocenters. The van der Waals surface area contributed by atoms with Gasteiger partial charge in [0, 0.05) is 37.1 Å². The molecule has 1 N–H and O–H groups in total. The van der Waals surface area contributed by atoms with E-state index in [1.165, 1.54) is 10.9 Å². The van der Waals surface area contributed by atoms with Crippen LogP contribution in [0.1, 0.15) is 31.2 Å². The van der Waals surface area contributed by atoms with E-state index in [2.05, 4.69) is 42.3 Å². The largest absolute Gasteiger partial charge is 0.459 e. The van der Waals surface area contributed by atoms with Crippen LogP contribution in [0.3, 0.4) is 0 Å². The summed E-state index contributed by atoms with van der Waals surface area (Å²) in [5, 5.41) is 4.68. The van der Waals surface area contributed by atoms with E-state index in [9.17, 15) is 0 Å². The highest BCUT2D eigenvalue weighted by Crippen LogP contribution is 2.33. The quantitative estimate of drug-likeness (QED) is 0.917. The number of benzene rings is 1. The first-order chi connectivity index (χ1) is 9.31. The zero-order chi connectivity index (χ0) is 13.2. The number of fused-ring (bicyclic) bond motifs is 1. The highest BCUT2D eigenvalue weighted by molar-refractivity contribution is 5.82. The van der Waals surface area contributed by atoms with Crippen molar-refractivity contribution in [2.45, 2.75) is 26.3 Å². The molecule has 0 amide bonds. The zero-order valence-corrected chi connectivity index (χ0v) is 11.8. The minimum atomic E-state index is 0.365. The molecular formula is C16H22N2O. The van der Waals surface area contributed by atoms with Crippen LogP contribution in [-0.4, -0.2) is 31.1 Å². The van der Waals surface area contributed by atoms with Crippen molar-refractivity contribution in [1.29, 1.82) is 0 Å². The van der Waals surface area contributed by atoms with Crippen molar-refractivity contribution in [3.63, 3.8) is 0 Å². The average Bonchev–Trinajstić information content (AvgIpc) is 2.85. The molecule has 2 heterocycles. The minimum absolute atomic E-state index is 0.365. The van der Waals surface area contributed by atoms with Crippen LogP contribution >= 0.6 is 0 Å². The minimum Gasteiger partial charge on any atom is -0.459 e. The Hall–Kier alpha value is -1.32. The molecule has 102 valence electrons. The molecule has 19 heavy (non-hydrogen) atoms. The third-order valence-corrected chi connectivity index (χ3v) is 4.16. The van der Waals surface area contributed by atoms with Gasteiger partial charge in [-0.3, -0.25) is 4.90 Å². The second-order valence-electron chi connectivity index (χ2n) is 5.26. The van der Waals surface area contributed by atoms with E-state index in [1.54, 1.807) is 0 Å². The highest BCUT2D eigenvalue weighted by atomic mass is 16.3. The van der Waals surface area contributed by atoms with Gasteiger partial charge in [0.25, 0.3) is 0 Å². The van der Waals surface area contributed by atoms with Gasteiger partial charge in [0.2, 0.25) is 0 Å². The average molecular weight is 258 g/mol. The molecule has 1 unspecified atom stereocenters. The third-order valence-electron chi connectivity index (χ3n) is 4.16. The summed E-state index contributed by atoms with van der Waals surface area (Å²) in [6.45, 7) is 8.83. The fraction of sp³-hybridized carbons (Fsp3) is 0.500. The van der Waals surface area contributed by atoms with Crippen molar-refractivity contribution in [2.24, 2.45) is 0 Å². The maximum atomic E-state index is 6.14. The SMILES string of the molecule is CCc1c(C(C)N2CCNCC2)oc2ccccc12. The molecule has 0 radical (unpaired) electrons. The van der Waals surface area contributed by atoms with Gasteiger partial charge in [0.1, 0.15) is 11.3 Å². The second-order valence-corrected chi connectivity index (χ2v) is 5.26. The Bertz CT molecular complexity index is 555. The molecule has 1 aromatic heterocycles. The lowest BCUT2D eigenvalue weighted by molar-refractivity contribution is 0.167. The van der Waals surface area contributed by atoms with Gasteiger partial charge in [-0.1, -0.05) is 25.1 Å². The van der Waals surface area contributed by atoms with Gasteiger partial charge in [0.05, 0.1) is 6.04 Å². The van der Waals surface area contributed by atoms with Crippen molar-refractivity contribution < 1.29 is 4.42 Å². The van der Waals surface area contributed by atoms with Crippen LogP contribution < -0.4 is 5.32 Å². The van der Waals surface area contributed by atoms with Crippen LogP contribution in [0.4, 0.5) is 0 Å². The topological polar surface area (TPSA) is 28.4 Å². The van der Waals surface area contributed by atoms with Gasteiger partial charge in [-0.25, -0.2) is 0 Å². The number of furan rings is 1. The molecule has 2 aromatic rings. The van der Waals surface area contributed by atoms with Crippen LogP contribution in [0.5, 0.6) is 0 Å². The van der Waals surface area contributed by atoms with Gasteiger partial charge in [-0.15, -0.1) is 0 Å². The summed E-state index contributed by atoms with van der Waals surface area (Å²) in [7, 11) is 0. The lowest BCUT2D eigenvalue weighted by Gasteiger charge is -2.32. The third kappa shape index (κ3) is 2.28. The predicted octanol–water partition coefficient (Wildman–Crippen LogP) is 2.96. The summed E-state index contributed by atoms with van der Waals surface area (Å²) in [5.74, 6) is 1.16. The Balaban J connectivity index is 1.98. The standard InChI is InChI=1S/C16H22N2O/c1-3-13-14-6-4-5-7-15(14)19-16(13)12(2)18-10-8-17-9-11-18/h4-7,12,17H,3,8-11H2,1-2H3. The monoisotopic (exact) mass is 258 g/mol. The number of nitrogens with one attached hydrogen (secondary N) is 1. The van der Waals surface area contributed by atoms with E-state index in [0.717, 1.165) is 43.9 Å². The van der Waals surface area contributed by atoms with E-state index in [4.69, 9.17) is 4.42 Å². The molecule has 3 nitrogen and oxygen atoms in total. The maximum Gasteiger partial charge on any atom is 0.134 e. The first kappa shape index (κ1) is 12.7. The Morgan fingerprint density at radius 3 is 2.74 bits per heavy atom. The summed E-state index contributed by atoms with van der Waals surface area (Å²) < 4.78 is 6.14. The van der Waals surface area contributed by atoms with Crippen LogP contribution in [0.25, 0.3) is 11.0 Å². The van der Waals surface area contributed by atoms with Crippen LogP contribution in [0.15, 0.2) is 28.7 Å². The van der Waals surface area contributed by atoms with Gasteiger partial charge in [-0.05, 0) is 19.4 Å². The van der Waals surface area contributed by atoms with E-state index < -0.39 is 0 Å². The van der Waals surface area contributed by atoms with Crippen molar-refractivity contribution in [1.82, 2.24) is 10.2 Å². The van der Waals surface area contributed by atoms with Crippen molar-refractivity contribution in [2.75, 3.05) is 26.2 Å². The number of nitrogens with zero attached hydrogens (tertiary/aromatic N) is 1. The molecule has 0 saturated carbocycles. The molecule has 1 fully saturated rings. The van der Waals surface area contributed by atoms with E-state index in [-0.39, 0.29) is 0 Å². The summed E-state index contributed by atoms with van der Waals surface area (Å²) in [4.78, 5) is 2.51. The van der Waals surface area contributed by atoms with Crippen molar-refractivity contribution in [3.05, 3.63) is 35.6 Å². The van der Waals surface area contributed by atoms with Crippen LogP contribution in [-0.2, 0) is 6.42 Å². The number of rotatable bonds is 3. The van der Waals surface area contributed by atoms with Crippen LogP contribution in [0, 0.1) is 0 Å². The molecule has 3 heteroatoms. The van der Waals surface area contributed by atoms with Gasteiger partial charge < -0.3 is 9.73 Å². The van der Waals surface area contributed by atoms with E-state index in [0.29, 0.717) is 6.04 Å². The molecule has 1 aliphatic heterocycles. The van der Waals surface area contributed by atoms with Gasteiger partial charge >= 0.3 is 0 Å². The van der Waals surface area contributed by atoms with E-state index in [1.807, 2.05) is 6.07 Å². The van der Waals surface area contributed by atoms with E-state index >= 15 is 0 Å². The fourth-order valence-corrected chi connectivity index (χ4v) is 3.06. The van der Waals surface area contributed by atoms with Gasteiger partial charge in [-0.2, -0.15) is 0 Å². The molecule has 0 spiro atoms. The molecule has 0 bridgehead atoms. The fourth-order valence-electron chi connectivity index (χ4n) is 3.06. The van der Waals surface area contributed by atoms with Gasteiger partial charge in [0.15, 0.2) is 0 Å². The summed E-state index contributed by atoms with van der Waals surface area (Å²) >= 11 is 0. The Morgan fingerprint density at radius 1 is 1.26 bits per heavy atom. The Morgan fingerprint density at radius 2 is 2.00 bits per heavy atom. The number of piperazine rings is 1. The van der Waals surface area contributed by atoms with Crippen molar-refractivity contribution in [3.8, 4) is 0 Å². The molecule has 1 aromatic carbocycles. The van der Waals surface area contributed by atoms with Crippen LogP contribution in [0.2, 0.25) is 0 Å². The first-order valence-electron chi connectivity index (χ1n) is 7.26. The lowest BCUT2D eigenvalue weighted by atomic mass is 10.0. The first-order valence-corrected chi connectivity index (χ1v) is 7.26. The molecule has 0 aliphatic carbocycles. The Labute approximate surface area is 114 Å². The molecule has 1 saturated heterocycles. The zero-order valence-electron chi connectivity index (χ0n) is 11.8. The highest BCUT2D eigenvalue weighted by Gasteiger charge is 2.24. The van der Waals surface area contributed by atoms with Crippen molar-refractivity contribution >= 4 is 11.0 Å². The normalized spacial score (nSPS) is 18.8. The summed E-state index contributed by atoms with van der Waals surface area (Å²) in [5.41, 5.74) is 2.40. The number of aryl methyl sites for hydroxylation is 1. The lowest BCUT2D eigenvalue weighted by Crippen LogP contribution is -2.44. The predicted molar refractivity (Wildman–Crippen MR) is 78.4 cm³/mol.